The smallest absolute Gasteiger partial charge is 0.225 e. The molecule has 0 fully saturated rings. The van der Waals surface area contributed by atoms with Crippen molar-refractivity contribution in [2.75, 3.05) is 11.4 Å². The number of aromatic amines is 1. The lowest BCUT2D eigenvalue weighted by Crippen LogP contribution is -2.31. The zero-order valence-corrected chi connectivity index (χ0v) is 21.3. The number of benzene rings is 2. The molecule has 1 aliphatic heterocycles. The number of aromatic nitrogens is 5. The summed E-state index contributed by atoms with van der Waals surface area (Å²) >= 11 is 0. The number of H-pyrrole nitrogens is 1. The SMILES string of the molecule is CCc1cnc(N2CCc3nn(-c4c(CC)cccc4CC)c(-c4ccc5[nH]ccc5c4)c3C2)nc1. The summed E-state index contributed by atoms with van der Waals surface area (Å²) in [7, 11) is 0. The Morgan fingerprint density at radius 1 is 0.917 bits per heavy atom. The van der Waals surface area contributed by atoms with E-state index in [1.54, 1.807) is 0 Å². The van der Waals surface area contributed by atoms with E-state index in [2.05, 4.69) is 87.8 Å². The predicted octanol–water partition coefficient (Wildman–Crippen LogP) is 6.06. The molecule has 0 radical (unpaired) electrons. The van der Waals surface area contributed by atoms with E-state index in [0.717, 1.165) is 55.8 Å². The standard InChI is InChI=1S/C30H32N6/c1-4-20-17-32-30(33-18-20)35-15-13-27-25(19-35)29(24-10-11-26-23(16-24)12-14-31-26)36(34-27)28-21(5-2)8-7-9-22(28)6-3/h7-12,14,16-18,31H,4-6,13,15,19H2,1-3H3. The minimum Gasteiger partial charge on any atom is -0.361 e. The van der Waals surface area contributed by atoms with Crippen LogP contribution in [0.4, 0.5) is 5.95 Å². The molecule has 0 unspecified atom stereocenters. The van der Waals surface area contributed by atoms with E-state index in [9.17, 15) is 0 Å². The molecule has 0 amide bonds. The van der Waals surface area contributed by atoms with E-state index >= 15 is 0 Å². The molecule has 182 valence electrons. The highest BCUT2D eigenvalue weighted by Gasteiger charge is 2.28. The molecule has 0 spiro atoms. The number of rotatable bonds is 6. The molecule has 6 nitrogen and oxygen atoms in total. The fourth-order valence-electron chi connectivity index (χ4n) is 5.38. The average Bonchev–Trinajstić information content (AvgIpc) is 3.56. The third-order valence-electron chi connectivity index (χ3n) is 7.42. The maximum absolute atomic E-state index is 5.28. The van der Waals surface area contributed by atoms with Crippen molar-refractivity contribution in [3.63, 3.8) is 0 Å². The highest BCUT2D eigenvalue weighted by Crippen LogP contribution is 2.36. The molecule has 0 atom stereocenters. The first kappa shape index (κ1) is 22.5. The summed E-state index contributed by atoms with van der Waals surface area (Å²) in [6.45, 7) is 8.20. The van der Waals surface area contributed by atoms with Gasteiger partial charge in [0, 0.05) is 60.1 Å². The third-order valence-corrected chi connectivity index (χ3v) is 7.42. The predicted molar refractivity (Wildman–Crippen MR) is 146 cm³/mol. The van der Waals surface area contributed by atoms with Crippen LogP contribution in [0, 0.1) is 0 Å². The normalized spacial score (nSPS) is 13.4. The molecule has 0 saturated carbocycles. The highest BCUT2D eigenvalue weighted by molar-refractivity contribution is 5.85. The maximum Gasteiger partial charge on any atom is 0.225 e. The van der Waals surface area contributed by atoms with Gasteiger partial charge < -0.3 is 9.88 Å². The van der Waals surface area contributed by atoms with Gasteiger partial charge >= 0.3 is 0 Å². The van der Waals surface area contributed by atoms with Crippen molar-refractivity contribution in [1.29, 1.82) is 0 Å². The molecule has 1 aliphatic rings. The number of aryl methyl sites for hydroxylation is 3. The Morgan fingerprint density at radius 2 is 1.69 bits per heavy atom. The summed E-state index contributed by atoms with van der Waals surface area (Å²) < 4.78 is 2.24. The van der Waals surface area contributed by atoms with Crippen LogP contribution in [0.15, 0.2) is 61.1 Å². The number of hydrogen-bond donors (Lipinski definition) is 1. The summed E-state index contributed by atoms with van der Waals surface area (Å²) in [5, 5.41) is 6.49. The van der Waals surface area contributed by atoms with Crippen LogP contribution in [0.3, 0.4) is 0 Å². The lowest BCUT2D eigenvalue weighted by atomic mass is 9.98. The van der Waals surface area contributed by atoms with Crippen LogP contribution < -0.4 is 4.90 Å². The van der Waals surface area contributed by atoms with Gasteiger partial charge in [-0.1, -0.05) is 45.0 Å². The van der Waals surface area contributed by atoms with Gasteiger partial charge in [0.05, 0.1) is 17.1 Å². The Kier molecular flexibility index (Phi) is 5.80. The Bertz CT molecular complexity index is 1500. The fourth-order valence-corrected chi connectivity index (χ4v) is 5.38. The Balaban J connectivity index is 1.54. The van der Waals surface area contributed by atoms with Gasteiger partial charge in [-0.2, -0.15) is 5.10 Å². The number of anilines is 1. The second-order valence-electron chi connectivity index (χ2n) is 9.51. The Hall–Kier alpha value is -3.93. The van der Waals surface area contributed by atoms with Gasteiger partial charge in [0.2, 0.25) is 5.95 Å². The van der Waals surface area contributed by atoms with Gasteiger partial charge in [0.25, 0.3) is 0 Å². The van der Waals surface area contributed by atoms with Crippen molar-refractivity contribution in [3.8, 4) is 16.9 Å². The van der Waals surface area contributed by atoms with Crippen molar-refractivity contribution in [2.24, 2.45) is 0 Å². The van der Waals surface area contributed by atoms with Crippen molar-refractivity contribution >= 4 is 16.9 Å². The zero-order chi connectivity index (χ0) is 24.6. The lowest BCUT2D eigenvalue weighted by Gasteiger charge is -2.27. The molecular weight excluding hydrogens is 444 g/mol. The van der Waals surface area contributed by atoms with Gasteiger partial charge in [-0.3, -0.25) is 0 Å². The van der Waals surface area contributed by atoms with Gasteiger partial charge in [-0.15, -0.1) is 0 Å². The molecule has 2 aromatic carbocycles. The number of fused-ring (bicyclic) bond motifs is 2. The van der Waals surface area contributed by atoms with Crippen LogP contribution in [-0.2, 0) is 32.2 Å². The number of hydrogen-bond acceptors (Lipinski definition) is 4. The molecular formula is C30H32N6. The molecule has 3 aromatic heterocycles. The van der Waals surface area contributed by atoms with Gasteiger partial charge in [0.1, 0.15) is 0 Å². The number of para-hydroxylation sites is 1. The van der Waals surface area contributed by atoms with E-state index in [-0.39, 0.29) is 0 Å². The Labute approximate surface area is 212 Å². The molecule has 0 saturated heterocycles. The van der Waals surface area contributed by atoms with E-state index in [4.69, 9.17) is 5.10 Å². The lowest BCUT2D eigenvalue weighted by molar-refractivity contribution is 0.693. The zero-order valence-electron chi connectivity index (χ0n) is 21.3. The van der Waals surface area contributed by atoms with Crippen LogP contribution in [0.25, 0.3) is 27.8 Å². The van der Waals surface area contributed by atoms with Gasteiger partial charge in [-0.25, -0.2) is 14.6 Å². The largest absolute Gasteiger partial charge is 0.361 e. The molecule has 1 N–H and O–H groups in total. The maximum atomic E-state index is 5.28. The number of nitrogens with zero attached hydrogens (tertiary/aromatic N) is 5. The van der Waals surface area contributed by atoms with Crippen LogP contribution in [-0.4, -0.2) is 31.3 Å². The molecule has 6 rings (SSSR count). The van der Waals surface area contributed by atoms with Crippen LogP contribution >= 0.6 is 0 Å². The van der Waals surface area contributed by atoms with Crippen molar-refractivity contribution < 1.29 is 0 Å². The minimum absolute atomic E-state index is 0.747. The highest BCUT2D eigenvalue weighted by atomic mass is 15.3. The summed E-state index contributed by atoms with van der Waals surface area (Å²) in [4.78, 5) is 15.0. The van der Waals surface area contributed by atoms with Crippen LogP contribution in [0.1, 0.15) is 48.7 Å². The first-order valence-corrected chi connectivity index (χ1v) is 13.0. The summed E-state index contributed by atoms with van der Waals surface area (Å²) in [5.74, 6) is 0.792. The molecule has 5 aromatic rings. The fraction of sp³-hybridized carbons (Fsp3) is 0.300. The van der Waals surface area contributed by atoms with E-state index in [1.807, 2.05) is 18.6 Å². The van der Waals surface area contributed by atoms with Gasteiger partial charge in [-0.05, 0) is 54.2 Å². The summed E-state index contributed by atoms with van der Waals surface area (Å²) in [6, 6.07) is 15.5. The van der Waals surface area contributed by atoms with Crippen molar-refractivity contribution in [1.82, 2.24) is 24.7 Å². The van der Waals surface area contributed by atoms with Crippen LogP contribution in [0.5, 0.6) is 0 Å². The third kappa shape index (κ3) is 3.77. The second kappa shape index (κ2) is 9.26. The summed E-state index contributed by atoms with van der Waals surface area (Å²) in [6.07, 6.45) is 9.65. The number of nitrogens with one attached hydrogen (secondary N) is 1. The van der Waals surface area contributed by atoms with Crippen molar-refractivity contribution in [2.45, 2.75) is 53.0 Å². The Morgan fingerprint density at radius 3 is 2.42 bits per heavy atom. The molecule has 36 heavy (non-hydrogen) atoms. The van der Waals surface area contributed by atoms with Crippen molar-refractivity contribution in [3.05, 3.63) is 89.0 Å². The molecule has 0 bridgehead atoms. The molecule has 4 heterocycles. The quantitative estimate of drug-likeness (QED) is 0.324. The minimum atomic E-state index is 0.747. The monoisotopic (exact) mass is 476 g/mol. The van der Waals surface area contributed by atoms with E-state index in [0.29, 0.717) is 0 Å². The topological polar surface area (TPSA) is 62.6 Å². The van der Waals surface area contributed by atoms with Gasteiger partial charge in [0.15, 0.2) is 0 Å². The molecule has 6 heteroatoms. The summed E-state index contributed by atoms with van der Waals surface area (Å²) in [5.41, 5.74) is 11.0. The van der Waals surface area contributed by atoms with E-state index < -0.39 is 0 Å². The molecule has 0 aliphatic carbocycles. The first-order valence-electron chi connectivity index (χ1n) is 13.0. The van der Waals surface area contributed by atoms with Crippen LogP contribution in [0.2, 0.25) is 0 Å². The van der Waals surface area contributed by atoms with E-state index in [1.165, 1.54) is 44.7 Å². The first-order chi connectivity index (χ1) is 17.7. The average molecular weight is 477 g/mol. The second-order valence-corrected chi connectivity index (χ2v) is 9.51.